The molecule has 0 unspecified atom stereocenters. The molecule has 0 fully saturated rings. The Morgan fingerprint density at radius 1 is 0.962 bits per heavy atom. The summed E-state index contributed by atoms with van der Waals surface area (Å²) < 4.78 is 0.527. The van der Waals surface area contributed by atoms with Crippen LogP contribution in [-0.4, -0.2) is 25.0 Å². The van der Waals surface area contributed by atoms with E-state index in [1.807, 2.05) is 32.0 Å². The summed E-state index contributed by atoms with van der Waals surface area (Å²) in [6.45, 7) is 4.09. The molecule has 3 heteroatoms. The van der Waals surface area contributed by atoms with Gasteiger partial charge in [0.2, 0.25) is 0 Å². The maximum atomic E-state index is 13.1. The first-order chi connectivity index (χ1) is 12.2. The van der Waals surface area contributed by atoms with Crippen molar-refractivity contribution >= 4 is 11.5 Å². The average molecular weight is 348 g/mol. The van der Waals surface area contributed by atoms with Crippen molar-refractivity contribution in [2.24, 2.45) is 5.41 Å². The molecule has 1 aliphatic heterocycles. The standard InChI is InChI=1S/C23H25NO2/c1-23(2)13-19(25)21(20(26)14-23)22-17-11-6-5-9-15(17)16-10-7-8-12-18(16)24(22,3)4/h5-12,22H,13-14H2,1-4H3/p+1/t22-/m0/s1. The monoisotopic (exact) mass is 348 g/mol. The molecule has 2 aromatic rings. The predicted octanol–water partition coefficient (Wildman–Crippen LogP) is 5.18. The van der Waals surface area contributed by atoms with E-state index in [0.29, 0.717) is 22.9 Å². The van der Waals surface area contributed by atoms with Crippen LogP contribution in [0.4, 0.5) is 5.69 Å². The highest BCUT2D eigenvalue weighted by molar-refractivity contribution is 6.00. The first-order valence-electron chi connectivity index (χ1n) is 9.20. The van der Waals surface area contributed by atoms with E-state index < -0.39 is 0 Å². The molecule has 2 aliphatic rings. The summed E-state index contributed by atoms with van der Waals surface area (Å²) in [6.07, 6.45) is 1.03. The van der Waals surface area contributed by atoms with Crippen LogP contribution in [0.2, 0.25) is 0 Å². The van der Waals surface area contributed by atoms with Gasteiger partial charge in [0.25, 0.3) is 0 Å². The number of carbonyl (C=O) groups excluding carboxylic acids is 1. The number of hydrogen-bond acceptors (Lipinski definition) is 2. The Morgan fingerprint density at radius 2 is 1.58 bits per heavy atom. The zero-order valence-corrected chi connectivity index (χ0v) is 15.9. The van der Waals surface area contributed by atoms with Gasteiger partial charge in [-0.2, -0.15) is 0 Å². The minimum atomic E-state index is -0.190. The minimum absolute atomic E-state index is 0.0733. The van der Waals surface area contributed by atoms with Gasteiger partial charge in [-0.1, -0.05) is 50.2 Å². The first kappa shape index (κ1) is 17.0. The molecule has 0 saturated carbocycles. The number of ketones is 1. The molecule has 0 amide bonds. The summed E-state index contributed by atoms with van der Waals surface area (Å²) in [7, 11) is 4.26. The number of benzene rings is 2. The fraction of sp³-hybridized carbons (Fsp3) is 0.348. The first-order valence-corrected chi connectivity index (χ1v) is 9.20. The molecule has 3 nitrogen and oxygen atoms in total. The molecule has 2 aromatic carbocycles. The van der Waals surface area contributed by atoms with Gasteiger partial charge >= 0.3 is 0 Å². The number of rotatable bonds is 1. The Kier molecular flexibility index (Phi) is 3.64. The van der Waals surface area contributed by atoms with Crippen molar-refractivity contribution in [3.63, 3.8) is 0 Å². The van der Waals surface area contributed by atoms with Crippen LogP contribution >= 0.6 is 0 Å². The van der Waals surface area contributed by atoms with E-state index in [4.69, 9.17) is 0 Å². The van der Waals surface area contributed by atoms with Crippen molar-refractivity contribution in [2.75, 3.05) is 14.1 Å². The van der Waals surface area contributed by atoms with Gasteiger partial charge in [-0.25, -0.2) is 0 Å². The Labute approximate surface area is 155 Å². The number of Topliss-reactive ketones (excluding diaryl/α,β-unsaturated/α-hetero) is 1. The highest BCUT2D eigenvalue weighted by Gasteiger charge is 2.48. The molecule has 1 aliphatic carbocycles. The fourth-order valence-electron chi connectivity index (χ4n) is 4.76. The number of aliphatic hydroxyl groups excluding tert-OH is 1. The Balaban J connectivity index is 1.99. The van der Waals surface area contributed by atoms with Gasteiger partial charge in [0.15, 0.2) is 11.8 Å². The SMILES string of the molecule is CC1(C)CC(=O)C([C@@H]2c3ccccc3-c3ccccc3[N+]2(C)C)=C(O)C1. The normalized spacial score (nSPS) is 23.4. The second kappa shape index (κ2) is 5.55. The number of nitrogens with zero attached hydrogens (tertiary/aromatic N) is 1. The summed E-state index contributed by atoms with van der Waals surface area (Å²) in [5, 5.41) is 10.9. The molecule has 4 rings (SSSR count). The Bertz CT molecular complexity index is 937. The summed E-state index contributed by atoms with van der Waals surface area (Å²) in [6, 6.07) is 16.5. The van der Waals surface area contributed by atoms with Crippen LogP contribution in [0.5, 0.6) is 0 Å². The van der Waals surface area contributed by atoms with Crippen molar-refractivity contribution in [1.29, 1.82) is 0 Å². The van der Waals surface area contributed by atoms with Crippen molar-refractivity contribution in [1.82, 2.24) is 4.48 Å². The average Bonchev–Trinajstić information content (AvgIpc) is 2.56. The number of aliphatic hydroxyl groups is 1. The number of para-hydroxylation sites is 1. The smallest absolute Gasteiger partial charge is 0.169 e. The van der Waals surface area contributed by atoms with Crippen molar-refractivity contribution in [2.45, 2.75) is 32.7 Å². The molecule has 1 heterocycles. The fourth-order valence-corrected chi connectivity index (χ4v) is 4.76. The van der Waals surface area contributed by atoms with Crippen LogP contribution in [-0.2, 0) is 4.79 Å². The van der Waals surface area contributed by atoms with Crippen molar-refractivity contribution in [3.8, 4) is 11.1 Å². The minimum Gasteiger partial charge on any atom is -0.512 e. The number of allylic oxidation sites excluding steroid dienone is 1. The maximum absolute atomic E-state index is 13.1. The molecule has 0 saturated heterocycles. The number of quaternary nitrogens is 1. The zero-order valence-electron chi connectivity index (χ0n) is 15.9. The second-order valence-electron chi connectivity index (χ2n) is 8.85. The Morgan fingerprint density at radius 3 is 2.27 bits per heavy atom. The summed E-state index contributed by atoms with van der Waals surface area (Å²) in [5.41, 5.74) is 5.06. The van der Waals surface area contributed by atoms with Gasteiger partial charge in [0.1, 0.15) is 11.4 Å². The molecule has 0 spiro atoms. The second-order valence-corrected chi connectivity index (χ2v) is 8.85. The number of fused-ring (bicyclic) bond motifs is 3. The molecule has 0 bridgehead atoms. The molecular weight excluding hydrogens is 322 g/mol. The summed E-state index contributed by atoms with van der Waals surface area (Å²) >= 11 is 0. The molecule has 1 atom stereocenters. The predicted molar refractivity (Wildman–Crippen MR) is 106 cm³/mol. The van der Waals surface area contributed by atoms with Crippen molar-refractivity contribution < 1.29 is 9.90 Å². The van der Waals surface area contributed by atoms with Gasteiger partial charge in [-0.15, -0.1) is 0 Å². The molecule has 0 aromatic heterocycles. The summed E-state index contributed by atoms with van der Waals surface area (Å²) in [4.78, 5) is 13.1. The van der Waals surface area contributed by atoms with E-state index in [0.717, 1.165) is 11.1 Å². The quantitative estimate of drug-likeness (QED) is 0.721. The lowest BCUT2D eigenvalue weighted by Crippen LogP contribution is -2.49. The van der Waals surface area contributed by atoms with E-state index in [9.17, 15) is 9.90 Å². The molecule has 134 valence electrons. The highest BCUT2D eigenvalue weighted by Crippen LogP contribution is 2.52. The third-order valence-electron chi connectivity index (χ3n) is 5.89. The molecule has 0 radical (unpaired) electrons. The van der Waals surface area contributed by atoms with Gasteiger partial charge in [-0.05, 0) is 23.1 Å². The third-order valence-corrected chi connectivity index (χ3v) is 5.89. The van der Waals surface area contributed by atoms with Gasteiger partial charge in [-0.3, -0.25) is 9.28 Å². The van der Waals surface area contributed by atoms with Crippen LogP contribution in [0.15, 0.2) is 59.9 Å². The zero-order chi connectivity index (χ0) is 18.7. The lowest BCUT2D eigenvalue weighted by Gasteiger charge is -2.45. The Hall–Kier alpha value is -2.39. The number of likely N-dealkylation sites (N-methyl/N-ethyl adjacent to an activating group) is 1. The summed E-state index contributed by atoms with van der Waals surface area (Å²) in [5.74, 6) is 0.334. The van der Waals surface area contributed by atoms with Crippen LogP contribution in [0.25, 0.3) is 11.1 Å². The highest BCUT2D eigenvalue weighted by atomic mass is 16.3. The van der Waals surface area contributed by atoms with Gasteiger partial charge in [0.05, 0.1) is 19.7 Å². The maximum Gasteiger partial charge on any atom is 0.169 e. The van der Waals surface area contributed by atoms with E-state index in [1.165, 1.54) is 11.3 Å². The van der Waals surface area contributed by atoms with Gasteiger partial charge < -0.3 is 5.11 Å². The largest absolute Gasteiger partial charge is 0.512 e. The van der Waals surface area contributed by atoms with Crippen LogP contribution < -0.4 is 4.48 Å². The van der Waals surface area contributed by atoms with E-state index in [1.54, 1.807) is 0 Å². The lowest BCUT2D eigenvalue weighted by atomic mass is 9.72. The number of carbonyl (C=O) groups is 1. The van der Waals surface area contributed by atoms with Crippen LogP contribution in [0.3, 0.4) is 0 Å². The van der Waals surface area contributed by atoms with E-state index in [2.05, 4.69) is 44.4 Å². The van der Waals surface area contributed by atoms with E-state index in [-0.39, 0.29) is 23.0 Å². The molecule has 1 N–H and O–H groups in total. The number of hydrogen-bond donors (Lipinski definition) is 1. The lowest BCUT2D eigenvalue weighted by molar-refractivity contribution is -0.119. The van der Waals surface area contributed by atoms with E-state index >= 15 is 0 Å². The third kappa shape index (κ3) is 2.42. The van der Waals surface area contributed by atoms with Crippen LogP contribution in [0, 0.1) is 5.41 Å². The molecular formula is C23H26NO2+. The topological polar surface area (TPSA) is 37.3 Å². The van der Waals surface area contributed by atoms with Gasteiger partial charge in [0, 0.05) is 24.0 Å². The van der Waals surface area contributed by atoms with Crippen molar-refractivity contribution in [3.05, 3.63) is 65.4 Å². The molecule has 26 heavy (non-hydrogen) atoms. The van der Waals surface area contributed by atoms with Crippen LogP contribution in [0.1, 0.15) is 38.3 Å².